The molecule has 0 aliphatic carbocycles. The molecule has 0 amide bonds. The van der Waals surface area contributed by atoms with Crippen LogP contribution in [0.3, 0.4) is 0 Å². The van der Waals surface area contributed by atoms with Gasteiger partial charge >= 0.3 is 0 Å². The molecule has 0 saturated carbocycles. The van der Waals surface area contributed by atoms with Crippen molar-refractivity contribution in [2.45, 2.75) is 0 Å². The number of rotatable bonds is 6. The van der Waals surface area contributed by atoms with Crippen LogP contribution in [0, 0.1) is 0 Å². The fraction of sp³-hybridized carbons (Fsp3) is 0. The lowest BCUT2D eigenvalue weighted by atomic mass is 9.96. The Morgan fingerprint density at radius 1 is 0.286 bits per heavy atom. The second kappa shape index (κ2) is 12.4. The largest absolute Gasteiger partial charge is 0.208 e. The van der Waals surface area contributed by atoms with Crippen molar-refractivity contribution < 1.29 is 0 Å². The molecule has 0 saturated heterocycles. The highest BCUT2D eigenvalue weighted by atomic mass is 32.1. The number of hydrogen-bond donors (Lipinski definition) is 0. The standard InChI is InChI=1S/C45H29N3S/c1-4-13-30(14-5-1)31-25-27-32(28-26-31)35-19-10-20-36(29-35)37-21-11-22-38-39-23-12-24-40(42(39)49-41(37)38)45-47-43(33-15-6-2-7-16-33)46-44(48-45)34-17-8-3-9-18-34/h1-29H. The van der Waals surface area contributed by atoms with Gasteiger partial charge in [-0.05, 0) is 45.5 Å². The van der Waals surface area contributed by atoms with Crippen molar-refractivity contribution >= 4 is 31.5 Å². The summed E-state index contributed by atoms with van der Waals surface area (Å²) in [6.07, 6.45) is 0. The Morgan fingerprint density at radius 3 is 1.29 bits per heavy atom. The Labute approximate surface area is 288 Å². The molecule has 0 spiro atoms. The summed E-state index contributed by atoms with van der Waals surface area (Å²) in [5, 5.41) is 2.44. The summed E-state index contributed by atoms with van der Waals surface area (Å²) in [6.45, 7) is 0. The van der Waals surface area contributed by atoms with E-state index in [0.29, 0.717) is 17.5 Å². The minimum Gasteiger partial charge on any atom is -0.208 e. The van der Waals surface area contributed by atoms with Crippen LogP contribution in [-0.4, -0.2) is 15.0 Å². The number of thiophene rings is 1. The molecule has 4 heteroatoms. The van der Waals surface area contributed by atoms with Gasteiger partial charge in [0.2, 0.25) is 0 Å². The van der Waals surface area contributed by atoms with Crippen LogP contribution >= 0.6 is 11.3 Å². The predicted molar refractivity (Wildman–Crippen MR) is 205 cm³/mol. The summed E-state index contributed by atoms with van der Waals surface area (Å²) < 4.78 is 2.42. The first kappa shape index (κ1) is 29.0. The maximum atomic E-state index is 5.06. The highest BCUT2D eigenvalue weighted by molar-refractivity contribution is 7.26. The van der Waals surface area contributed by atoms with E-state index in [1.807, 2.05) is 72.0 Å². The van der Waals surface area contributed by atoms with Gasteiger partial charge in [-0.3, -0.25) is 0 Å². The van der Waals surface area contributed by atoms with E-state index in [2.05, 4.69) is 115 Å². The zero-order valence-electron chi connectivity index (χ0n) is 26.5. The molecule has 0 N–H and O–H groups in total. The van der Waals surface area contributed by atoms with Crippen LogP contribution in [0.2, 0.25) is 0 Å². The van der Waals surface area contributed by atoms with Gasteiger partial charge in [0.1, 0.15) is 0 Å². The Bertz CT molecular complexity index is 2520. The third kappa shape index (κ3) is 5.48. The van der Waals surface area contributed by atoms with Gasteiger partial charge in [0.15, 0.2) is 17.5 Å². The summed E-state index contributed by atoms with van der Waals surface area (Å²) in [5.74, 6) is 2.00. The van der Waals surface area contributed by atoms with E-state index in [0.717, 1.165) is 16.7 Å². The lowest BCUT2D eigenvalue weighted by Gasteiger charge is -2.09. The zero-order valence-corrected chi connectivity index (χ0v) is 27.3. The van der Waals surface area contributed by atoms with Gasteiger partial charge in [0, 0.05) is 36.9 Å². The van der Waals surface area contributed by atoms with Gasteiger partial charge in [-0.15, -0.1) is 11.3 Å². The molecular weight excluding hydrogens is 615 g/mol. The average Bonchev–Trinajstić information content (AvgIpc) is 3.58. The third-order valence-corrected chi connectivity index (χ3v) is 10.3. The van der Waals surface area contributed by atoms with E-state index in [-0.39, 0.29) is 0 Å². The predicted octanol–water partition coefficient (Wildman–Crippen LogP) is 12.2. The number of fused-ring (bicyclic) bond motifs is 3. The van der Waals surface area contributed by atoms with Crippen molar-refractivity contribution in [2.75, 3.05) is 0 Å². The smallest absolute Gasteiger partial charge is 0.165 e. The van der Waals surface area contributed by atoms with E-state index in [9.17, 15) is 0 Å². The molecule has 9 rings (SSSR count). The summed E-state index contributed by atoms with van der Waals surface area (Å²) >= 11 is 1.81. The van der Waals surface area contributed by atoms with Gasteiger partial charge in [-0.1, -0.05) is 164 Å². The maximum absolute atomic E-state index is 5.06. The number of benzene rings is 7. The minimum atomic E-state index is 0.664. The molecule has 0 aliphatic rings. The molecule has 0 aliphatic heterocycles. The molecule has 0 atom stereocenters. The maximum Gasteiger partial charge on any atom is 0.165 e. The normalized spacial score (nSPS) is 11.3. The summed E-state index contributed by atoms with van der Waals surface area (Å²) in [6, 6.07) is 61.6. The highest BCUT2D eigenvalue weighted by Gasteiger charge is 2.18. The van der Waals surface area contributed by atoms with Crippen LogP contribution < -0.4 is 0 Å². The van der Waals surface area contributed by atoms with Crippen molar-refractivity contribution in [1.82, 2.24) is 15.0 Å². The Kier molecular flexibility index (Phi) is 7.34. The summed E-state index contributed by atoms with van der Waals surface area (Å²) in [5.41, 5.74) is 10.2. The molecule has 49 heavy (non-hydrogen) atoms. The first-order chi connectivity index (χ1) is 24.3. The number of aromatic nitrogens is 3. The molecule has 0 bridgehead atoms. The Morgan fingerprint density at radius 2 is 0.694 bits per heavy atom. The van der Waals surface area contributed by atoms with Crippen LogP contribution in [0.4, 0.5) is 0 Å². The molecule has 0 fully saturated rings. The van der Waals surface area contributed by atoms with Crippen molar-refractivity contribution in [3.8, 4) is 67.5 Å². The topological polar surface area (TPSA) is 38.7 Å². The Hall–Kier alpha value is -6.23. The fourth-order valence-electron chi connectivity index (χ4n) is 6.50. The molecule has 0 radical (unpaired) electrons. The SMILES string of the molecule is c1ccc(-c2ccc(-c3cccc(-c4cccc5c4sc4c(-c6nc(-c7ccccc7)nc(-c7ccccc7)n6)cccc45)c3)cc2)cc1. The number of hydrogen-bond acceptors (Lipinski definition) is 4. The lowest BCUT2D eigenvalue weighted by molar-refractivity contribution is 1.08. The number of nitrogens with zero attached hydrogens (tertiary/aromatic N) is 3. The quantitative estimate of drug-likeness (QED) is 0.181. The van der Waals surface area contributed by atoms with Crippen molar-refractivity contribution in [3.63, 3.8) is 0 Å². The average molecular weight is 644 g/mol. The van der Waals surface area contributed by atoms with Gasteiger partial charge < -0.3 is 0 Å². The molecule has 0 unspecified atom stereocenters. The van der Waals surface area contributed by atoms with Gasteiger partial charge in [-0.2, -0.15) is 0 Å². The zero-order chi connectivity index (χ0) is 32.6. The second-order valence-electron chi connectivity index (χ2n) is 12.0. The van der Waals surface area contributed by atoms with Crippen LogP contribution in [0.15, 0.2) is 176 Å². The summed E-state index contributed by atoms with van der Waals surface area (Å²) in [7, 11) is 0. The van der Waals surface area contributed by atoms with Crippen LogP contribution in [0.25, 0.3) is 87.7 Å². The first-order valence-electron chi connectivity index (χ1n) is 16.4. The van der Waals surface area contributed by atoms with Crippen LogP contribution in [0.5, 0.6) is 0 Å². The lowest BCUT2D eigenvalue weighted by Crippen LogP contribution is -2.00. The first-order valence-corrected chi connectivity index (χ1v) is 17.2. The molecule has 7 aromatic carbocycles. The van der Waals surface area contributed by atoms with Crippen molar-refractivity contribution in [1.29, 1.82) is 0 Å². The molecule has 9 aromatic rings. The van der Waals surface area contributed by atoms with E-state index >= 15 is 0 Å². The molecule has 2 heterocycles. The second-order valence-corrected chi connectivity index (χ2v) is 13.0. The molecular formula is C45H29N3S. The Balaban J connectivity index is 1.16. The van der Waals surface area contributed by atoms with Crippen molar-refractivity contribution in [2.24, 2.45) is 0 Å². The van der Waals surface area contributed by atoms with Gasteiger partial charge in [0.25, 0.3) is 0 Å². The van der Waals surface area contributed by atoms with E-state index in [4.69, 9.17) is 15.0 Å². The third-order valence-electron chi connectivity index (χ3n) is 8.96. The van der Waals surface area contributed by atoms with Gasteiger partial charge in [-0.25, -0.2) is 15.0 Å². The highest BCUT2D eigenvalue weighted by Crippen LogP contribution is 2.44. The van der Waals surface area contributed by atoms with Crippen LogP contribution in [-0.2, 0) is 0 Å². The molecule has 230 valence electrons. The summed E-state index contributed by atoms with van der Waals surface area (Å²) in [4.78, 5) is 15.0. The minimum absolute atomic E-state index is 0.664. The fourth-order valence-corrected chi connectivity index (χ4v) is 7.85. The van der Waals surface area contributed by atoms with Crippen LogP contribution in [0.1, 0.15) is 0 Å². The molecule has 3 nitrogen and oxygen atoms in total. The van der Waals surface area contributed by atoms with E-state index in [1.54, 1.807) is 0 Å². The monoisotopic (exact) mass is 643 g/mol. The van der Waals surface area contributed by atoms with Gasteiger partial charge in [0.05, 0.1) is 0 Å². The van der Waals surface area contributed by atoms with Crippen molar-refractivity contribution in [3.05, 3.63) is 176 Å². The van der Waals surface area contributed by atoms with E-state index in [1.165, 1.54) is 53.6 Å². The molecule has 2 aromatic heterocycles. The van der Waals surface area contributed by atoms with E-state index < -0.39 is 0 Å².